The van der Waals surface area contributed by atoms with Gasteiger partial charge in [-0.2, -0.15) is 0 Å². The van der Waals surface area contributed by atoms with Crippen LogP contribution in [0.5, 0.6) is 0 Å². The summed E-state index contributed by atoms with van der Waals surface area (Å²) in [5.74, 6) is 2.48. The number of rotatable bonds is 1. The van der Waals surface area contributed by atoms with E-state index < -0.39 is 0 Å². The molecule has 1 heterocycles. The summed E-state index contributed by atoms with van der Waals surface area (Å²) in [7, 11) is 0. The van der Waals surface area contributed by atoms with E-state index in [4.69, 9.17) is 0 Å². The van der Waals surface area contributed by atoms with E-state index in [9.17, 15) is 0 Å². The molecule has 1 aliphatic rings. The Bertz CT molecular complexity index is 119. The second kappa shape index (κ2) is 2.95. The van der Waals surface area contributed by atoms with Gasteiger partial charge in [-0.25, -0.2) is 0 Å². The van der Waals surface area contributed by atoms with Crippen LogP contribution in [-0.2, 0) is 0 Å². The van der Waals surface area contributed by atoms with Gasteiger partial charge in [-0.1, -0.05) is 20.4 Å². The van der Waals surface area contributed by atoms with Crippen LogP contribution < -0.4 is 10.6 Å². The molecule has 2 nitrogen and oxygen atoms in total. The standard InChI is InChI=1S/C8H16N2/c1-6(2)8-4-9-7(3)10-5-8/h6,8-10H,3-5H2,1-2H3. The summed E-state index contributed by atoms with van der Waals surface area (Å²) in [6.45, 7) is 10.4. The van der Waals surface area contributed by atoms with Gasteiger partial charge in [-0.15, -0.1) is 0 Å². The molecule has 0 spiro atoms. The number of nitrogens with one attached hydrogen (secondary N) is 2. The van der Waals surface area contributed by atoms with Gasteiger partial charge in [0.1, 0.15) is 0 Å². The number of hydrogen-bond donors (Lipinski definition) is 2. The molecule has 1 fully saturated rings. The zero-order valence-corrected chi connectivity index (χ0v) is 6.78. The van der Waals surface area contributed by atoms with Crippen molar-refractivity contribution >= 4 is 0 Å². The molecule has 0 bridgehead atoms. The van der Waals surface area contributed by atoms with E-state index >= 15 is 0 Å². The molecule has 1 rings (SSSR count). The first kappa shape index (κ1) is 7.45. The highest BCUT2D eigenvalue weighted by atomic mass is 15.1. The molecule has 1 aliphatic heterocycles. The molecule has 0 aromatic rings. The van der Waals surface area contributed by atoms with Crippen LogP contribution in [0, 0.1) is 11.8 Å². The minimum atomic E-state index is 0.755. The lowest BCUT2D eigenvalue weighted by Gasteiger charge is -2.29. The molecule has 0 radical (unpaired) electrons. The Hall–Kier alpha value is -0.660. The van der Waals surface area contributed by atoms with Crippen molar-refractivity contribution in [1.29, 1.82) is 0 Å². The molecule has 1 saturated heterocycles. The van der Waals surface area contributed by atoms with Gasteiger partial charge in [0.05, 0.1) is 5.82 Å². The van der Waals surface area contributed by atoms with E-state index in [1.165, 1.54) is 0 Å². The van der Waals surface area contributed by atoms with Crippen molar-refractivity contribution in [2.24, 2.45) is 11.8 Å². The smallest absolute Gasteiger partial charge is 0.0912 e. The van der Waals surface area contributed by atoms with Crippen LogP contribution in [-0.4, -0.2) is 13.1 Å². The molecule has 0 aromatic heterocycles. The van der Waals surface area contributed by atoms with Crippen molar-refractivity contribution in [1.82, 2.24) is 10.6 Å². The maximum atomic E-state index is 3.79. The summed E-state index contributed by atoms with van der Waals surface area (Å²) in [5, 5.41) is 6.42. The van der Waals surface area contributed by atoms with E-state index in [2.05, 4.69) is 31.1 Å². The summed E-state index contributed by atoms with van der Waals surface area (Å²) in [4.78, 5) is 0. The zero-order chi connectivity index (χ0) is 7.56. The van der Waals surface area contributed by atoms with Crippen molar-refractivity contribution in [3.63, 3.8) is 0 Å². The molecule has 0 aromatic carbocycles. The lowest BCUT2D eigenvalue weighted by molar-refractivity contribution is 0.328. The van der Waals surface area contributed by atoms with Gasteiger partial charge in [0.25, 0.3) is 0 Å². The molecule has 0 amide bonds. The average Bonchev–Trinajstić information content (AvgIpc) is 1.88. The fourth-order valence-corrected chi connectivity index (χ4v) is 1.11. The molecule has 58 valence electrons. The SMILES string of the molecule is C=C1NCC(C(C)C)CN1. The maximum Gasteiger partial charge on any atom is 0.0912 e. The Balaban J connectivity index is 2.33. The van der Waals surface area contributed by atoms with Gasteiger partial charge in [0.15, 0.2) is 0 Å². The summed E-state index contributed by atoms with van der Waals surface area (Å²) >= 11 is 0. The molecule has 0 saturated carbocycles. The summed E-state index contributed by atoms with van der Waals surface area (Å²) in [6.07, 6.45) is 0. The third-order valence-electron chi connectivity index (χ3n) is 2.10. The minimum Gasteiger partial charge on any atom is -0.372 e. The molecular weight excluding hydrogens is 124 g/mol. The highest BCUT2D eigenvalue weighted by molar-refractivity contribution is 4.94. The normalized spacial score (nSPS) is 20.5. The molecule has 10 heavy (non-hydrogen) atoms. The molecular formula is C8H16N2. The maximum absolute atomic E-state index is 3.79. The quantitative estimate of drug-likeness (QED) is 0.566. The Morgan fingerprint density at radius 2 is 1.90 bits per heavy atom. The monoisotopic (exact) mass is 140 g/mol. The Morgan fingerprint density at radius 3 is 2.30 bits per heavy atom. The third kappa shape index (κ3) is 1.66. The van der Waals surface area contributed by atoms with Gasteiger partial charge in [-0.05, 0) is 11.8 Å². The first-order valence-corrected chi connectivity index (χ1v) is 3.87. The van der Waals surface area contributed by atoms with Crippen molar-refractivity contribution in [3.05, 3.63) is 12.4 Å². The summed E-state index contributed by atoms with van der Waals surface area (Å²) < 4.78 is 0. The molecule has 0 unspecified atom stereocenters. The van der Waals surface area contributed by atoms with E-state index in [0.29, 0.717) is 0 Å². The molecule has 0 atom stereocenters. The largest absolute Gasteiger partial charge is 0.372 e. The fourth-order valence-electron chi connectivity index (χ4n) is 1.11. The summed E-state index contributed by atoms with van der Waals surface area (Å²) in [5.41, 5.74) is 0. The summed E-state index contributed by atoms with van der Waals surface area (Å²) in [6, 6.07) is 0. The Kier molecular flexibility index (Phi) is 2.20. The van der Waals surface area contributed by atoms with E-state index in [0.717, 1.165) is 30.7 Å². The highest BCUT2D eigenvalue weighted by Crippen LogP contribution is 2.11. The van der Waals surface area contributed by atoms with E-state index in [-0.39, 0.29) is 0 Å². The molecule has 2 heteroatoms. The van der Waals surface area contributed by atoms with E-state index in [1.807, 2.05) is 0 Å². The van der Waals surface area contributed by atoms with Gasteiger partial charge >= 0.3 is 0 Å². The van der Waals surface area contributed by atoms with Crippen LogP contribution in [0.25, 0.3) is 0 Å². The van der Waals surface area contributed by atoms with Gasteiger partial charge in [0.2, 0.25) is 0 Å². The van der Waals surface area contributed by atoms with Gasteiger partial charge in [-0.3, -0.25) is 0 Å². The third-order valence-corrected chi connectivity index (χ3v) is 2.10. The van der Waals surface area contributed by atoms with Crippen LogP contribution >= 0.6 is 0 Å². The predicted octanol–water partition coefficient (Wildman–Crippen LogP) is 0.923. The topological polar surface area (TPSA) is 24.1 Å². The van der Waals surface area contributed by atoms with Gasteiger partial charge < -0.3 is 10.6 Å². The fraction of sp³-hybridized carbons (Fsp3) is 0.750. The van der Waals surface area contributed by atoms with Crippen LogP contribution in [0.15, 0.2) is 12.4 Å². The van der Waals surface area contributed by atoms with Crippen molar-refractivity contribution in [3.8, 4) is 0 Å². The van der Waals surface area contributed by atoms with E-state index in [1.54, 1.807) is 0 Å². The Morgan fingerprint density at radius 1 is 1.40 bits per heavy atom. The zero-order valence-electron chi connectivity index (χ0n) is 6.78. The molecule has 0 aliphatic carbocycles. The first-order valence-electron chi connectivity index (χ1n) is 3.87. The average molecular weight is 140 g/mol. The van der Waals surface area contributed by atoms with Gasteiger partial charge in [0, 0.05) is 13.1 Å². The Labute approximate surface area is 62.7 Å². The van der Waals surface area contributed by atoms with Crippen LogP contribution in [0.1, 0.15) is 13.8 Å². The lowest BCUT2D eigenvalue weighted by Crippen LogP contribution is -2.43. The second-order valence-corrected chi connectivity index (χ2v) is 3.24. The predicted molar refractivity (Wildman–Crippen MR) is 43.5 cm³/mol. The van der Waals surface area contributed by atoms with Crippen LogP contribution in [0.4, 0.5) is 0 Å². The first-order chi connectivity index (χ1) is 4.70. The van der Waals surface area contributed by atoms with Crippen molar-refractivity contribution in [2.45, 2.75) is 13.8 Å². The van der Waals surface area contributed by atoms with Crippen LogP contribution in [0.3, 0.4) is 0 Å². The molecule has 2 N–H and O–H groups in total. The van der Waals surface area contributed by atoms with Crippen molar-refractivity contribution in [2.75, 3.05) is 13.1 Å². The van der Waals surface area contributed by atoms with Crippen molar-refractivity contribution < 1.29 is 0 Å². The minimum absolute atomic E-state index is 0.755. The second-order valence-electron chi connectivity index (χ2n) is 3.24. The van der Waals surface area contributed by atoms with Crippen LogP contribution in [0.2, 0.25) is 0 Å². The number of hydrogen-bond acceptors (Lipinski definition) is 2. The lowest BCUT2D eigenvalue weighted by atomic mass is 9.95. The highest BCUT2D eigenvalue weighted by Gasteiger charge is 2.16.